The average molecular weight is 378 g/mol. The number of hydrogen-bond donors (Lipinski definition) is 3. The van der Waals surface area contributed by atoms with E-state index in [1.54, 1.807) is 36.4 Å². The van der Waals surface area contributed by atoms with Gasteiger partial charge in [-0.15, -0.1) is 0 Å². The average Bonchev–Trinajstić information content (AvgIpc) is 2.93. The van der Waals surface area contributed by atoms with Crippen LogP contribution < -0.4 is 16.6 Å². The highest BCUT2D eigenvalue weighted by Crippen LogP contribution is 2.48. The van der Waals surface area contributed by atoms with Crippen LogP contribution in [0, 0.1) is 0 Å². The first kappa shape index (κ1) is 15.8. The molecule has 7 heteroatoms. The van der Waals surface area contributed by atoms with Crippen LogP contribution in [-0.4, -0.2) is 15.8 Å². The minimum Gasteiger partial charge on any atom is -0.340 e. The second-order valence-electron chi connectivity index (χ2n) is 6.44. The molecule has 1 aliphatic carbocycles. The fraction of sp³-hybridized carbons (Fsp3) is 0.0500. The first-order valence-electron chi connectivity index (χ1n) is 8.32. The Bertz CT molecular complexity index is 1290. The van der Waals surface area contributed by atoms with Crippen molar-refractivity contribution < 1.29 is 4.79 Å². The fourth-order valence-corrected chi connectivity index (χ4v) is 4.12. The van der Waals surface area contributed by atoms with Crippen LogP contribution in [0.15, 0.2) is 63.7 Å². The SMILES string of the molecule is O=C1C2=C(Nc3[nH]c(=O)[nH]c(=O)c3C2c2ccccc2Cl)c2ccccc21. The first-order chi connectivity index (χ1) is 13.1. The van der Waals surface area contributed by atoms with E-state index in [0.717, 1.165) is 5.56 Å². The molecule has 132 valence electrons. The normalized spacial score (nSPS) is 17.2. The van der Waals surface area contributed by atoms with Gasteiger partial charge in [-0.3, -0.25) is 19.6 Å². The van der Waals surface area contributed by atoms with E-state index < -0.39 is 17.2 Å². The van der Waals surface area contributed by atoms with Crippen molar-refractivity contribution in [2.45, 2.75) is 5.92 Å². The van der Waals surface area contributed by atoms with Gasteiger partial charge in [-0.1, -0.05) is 54.1 Å². The van der Waals surface area contributed by atoms with Crippen LogP contribution in [0.2, 0.25) is 5.02 Å². The number of carbonyl (C=O) groups is 1. The van der Waals surface area contributed by atoms with Gasteiger partial charge in [-0.2, -0.15) is 0 Å². The molecule has 1 aliphatic heterocycles. The van der Waals surface area contributed by atoms with Gasteiger partial charge in [0.25, 0.3) is 5.56 Å². The van der Waals surface area contributed by atoms with Gasteiger partial charge < -0.3 is 5.32 Å². The van der Waals surface area contributed by atoms with Crippen molar-refractivity contribution in [3.63, 3.8) is 0 Å². The zero-order valence-corrected chi connectivity index (χ0v) is 14.6. The summed E-state index contributed by atoms with van der Waals surface area (Å²) >= 11 is 6.42. The Balaban J connectivity index is 1.88. The topological polar surface area (TPSA) is 94.8 Å². The molecule has 3 N–H and O–H groups in total. The Morgan fingerprint density at radius 1 is 0.852 bits per heavy atom. The minimum atomic E-state index is -0.689. The maximum Gasteiger partial charge on any atom is 0.327 e. The van der Waals surface area contributed by atoms with Crippen molar-refractivity contribution in [1.82, 2.24) is 9.97 Å². The number of nitrogens with one attached hydrogen (secondary N) is 3. The summed E-state index contributed by atoms with van der Waals surface area (Å²) in [5.74, 6) is -0.573. The third-order valence-corrected chi connectivity index (χ3v) is 5.32. The lowest BCUT2D eigenvalue weighted by Gasteiger charge is -2.27. The lowest BCUT2D eigenvalue weighted by molar-refractivity contribution is 0.103. The molecule has 2 aliphatic rings. The number of carbonyl (C=O) groups excluding carboxylic acids is 1. The number of anilines is 1. The number of rotatable bonds is 1. The molecule has 0 fully saturated rings. The van der Waals surface area contributed by atoms with Gasteiger partial charge in [-0.05, 0) is 11.6 Å². The van der Waals surface area contributed by atoms with Gasteiger partial charge in [-0.25, -0.2) is 4.79 Å². The summed E-state index contributed by atoms with van der Waals surface area (Å²) in [6, 6.07) is 14.3. The van der Waals surface area contributed by atoms with E-state index in [1.165, 1.54) is 0 Å². The van der Waals surface area contributed by atoms with Crippen LogP contribution in [0.4, 0.5) is 5.82 Å². The Hall–Kier alpha value is -3.38. The summed E-state index contributed by atoms with van der Waals surface area (Å²) in [5.41, 5.74) is 2.06. The Labute approximate surface area is 157 Å². The number of halogens is 1. The van der Waals surface area contributed by atoms with Crippen LogP contribution in [-0.2, 0) is 0 Å². The van der Waals surface area contributed by atoms with Crippen molar-refractivity contribution in [2.75, 3.05) is 5.32 Å². The molecule has 0 amide bonds. The third kappa shape index (κ3) is 2.17. The second kappa shape index (κ2) is 5.56. The summed E-state index contributed by atoms with van der Waals surface area (Å²) in [6.07, 6.45) is 0. The lowest BCUT2D eigenvalue weighted by Crippen LogP contribution is -2.33. The summed E-state index contributed by atoms with van der Waals surface area (Å²) in [6.45, 7) is 0. The molecule has 0 bridgehead atoms. The van der Waals surface area contributed by atoms with Crippen LogP contribution >= 0.6 is 11.6 Å². The molecule has 1 aromatic heterocycles. The van der Waals surface area contributed by atoms with Gasteiger partial charge in [0, 0.05) is 21.7 Å². The summed E-state index contributed by atoms with van der Waals surface area (Å²) in [7, 11) is 0. The summed E-state index contributed by atoms with van der Waals surface area (Å²) in [4.78, 5) is 42.5. The molecule has 27 heavy (non-hydrogen) atoms. The highest BCUT2D eigenvalue weighted by atomic mass is 35.5. The van der Waals surface area contributed by atoms with Gasteiger partial charge in [0.2, 0.25) is 0 Å². The smallest absolute Gasteiger partial charge is 0.327 e. The van der Waals surface area contributed by atoms with E-state index in [0.29, 0.717) is 27.4 Å². The molecule has 3 aromatic rings. The van der Waals surface area contributed by atoms with Crippen molar-refractivity contribution in [3.05, 3.63) is 102 Å². The number of fused-ring (bicyclic) bond motifs is 3. The molecule has 0 saturated carbocycles. The van der Waals surface area contributed by atoms with Gasteiger partial charge in [0.05, 0.1) is 17.2 Å². The number of benzene rings is 2. The Kier molecular flexibility index (Phi) is 3.26. The number of H-pyrrole nitrogens is 2. The number of ketones is 1. The molecule has 1 unspecified atom stereocenters. The van der Waals surface area contributed by atoms with Gasteiger partial charge in [0.1, 0.15) is 5.82 Å². The van der Waals surface area contributed by atoms with E-state index in [2.05, 4.69) is 15.3 Å². The first-order valence-corrected chi connectivity index (χ1v) is 8.70. The molecule has 6 nitrogen and oxygen atoms in total. The van der Waals surface area contributed by atoms with Crippen molar-refractivity contribution in [3.8, 4) is 0 Å². The maximum absolute atomic E-state index is 13.2. The summed E-state index contributed by atoms with van der Waals surface area (Å²) in [5, 5.41) is 3.53. The van der Waals surface area contributed by atoms with Crippen LogP contribution in [0.5, 0.6) is 0 Å². The number of hydrogen-bond acceptors (Lipinski definition) is 4. The van der Waals surface area contributed by atoms with Gasteiger partial charge >= 0.3 is 5.69 Å². The third-order valence-electron chi connectivity index (χ3n) is 4.98. The van der Waals surface area contributed by atoms with Crippen molar-refractivity contribution in [1.29, 1.82) is 0 Å². The minimum absolute atomic E-state index is 0.158. The number of aromatic nitrogens is 2. The fourth-order valence-electron chi connectivity index (χ4n) is 3.87. The van der Waals surface area contributed by atoms with Crippen LogP contribution in [0.3, 0.4) is 0 Å². The monoisotopic (exact) mass is 377 g/mol. The maximum atomic E-state index is 13.2. The Morgan fingerprint density at radius 3 is 2.33 bits per heavy atom. The van der Waals surface area contributed by atoms with E-state index in [-0.39, 0.29) is 17.2 Å². The molecule has 5 rings (SSSR count). The van der Waals surface area contributed by atoms with Gasteiger partial charge in [0.15, 0.2) is 5.78 Å². The Morgan fingerprint density at radius 2 is 1.56 bits per heavy atom. The second-order valence-corrected chi connectivity index (χ2v) is 6.85. The molecule has 2 heterocycles. The van der Waals surface area contributed by atoms with E-state index in [1.807, 2.05) is 12.1 Å². The zero-order valence-electron chi connectivity index (χ0n) is 13.8. The van der Waals surface area contributed by atoms with E-state index in [4.69, 9.17) is 11.6 Å². The lowest BCUT2D eigenvalue weighted by atomic mass is 9.81. The number of Topliss-reactive ketones (excluding diaryl/α,β-unsaturated/α-hetero) is 1. The predicted octanol–water partition coefficient (Wildman–Crippen LogP) is 2.88. The van der Waals surface area contributed by atoms with E-state index >= 15 is 0 Å². The van der Waals surface area contributed by atoms with Crippen LogP contribution in [0.25, 0.3) is 5.70 Å². The highest BCUT2D eigenvalue weighted by molar-refractivity contribution is 6.32. The predicted molar refractivity (Wildman–Crippen MR) is 102 cm³/mol. The standard InChI is InChI=1S/C20H12ClN3O3/c21-12-8-4-3-7-11(12)13-14-16(9-5-1-2-6-10(9)17(14)25)22-18-15(13)19(26)24-20(27)23-18/h1-8,13H,(H3,22,23,24,26,27). The molecular formula is C20H12ClN3O3. The molecule has 0 saturated heterocycles. The number of aromatic amines is 2. The molecule has 0 radical (unpaired) electrons. The largest absolute Gasteiger partial charge is 0.340 e. The highest BCUT2D eigenvalue weighted by Gasteiger charge is 2.42. The van der Waals surface area contributed by atoms with Crippen LogP contribution in [0.1, 0.15) is 33.0 Å². The van der Waals surface area contributed by atoms with Crippen molar-refractivity contribution >= 4 is 28.9 Å². The molecule has 1 atom stereocenters. The zero-order chi connectivity index (χ0) is 18.7. The van der Waals surface area contributed by atoms with E-state index in [9.17, 15) is 14.4 Å². The molecule has 0 spiro atoms. The number of allylic oxidation sites excluding steroid dienone is 1. The summed E-state index contributed by atoms with van der Waals surface area (Å²) < 4.78 is 0. The molecular weight excluding hydrogens is 366 g/mol. The quantitative estimate of drug-likeness (QED) is 0.607. The van der Waals surface area contributed by atoms with Crippen molar-refractivity contribution in [2.24, 2.45) is 0 Å². The molecule has 2 aromatic carbocycles.